The summed E-state index contributed by atoms with van der Waals surface area (Å²) in [5.41, 5.74) is 4.60. The van der Waals surface area contributed by atoms with Gasteiger partial charge in [-0.2, -0.15) is 0 Å². The number of hydrogen-bond acceptors (Lipinski definition) is 3. The molecule has 1 heterocycles. The lowest BCUT2D eigenvalue weighted by Gasteiger charge is -2.38. The van der Waals surface area contributed by atoms with Gasteiger partial charge in [0, 0.05) is 19.5 Å². The second-order valence-electron chi connectivity index (χ2n) is 9.07. The van der Waals surface area contributed by atoms with Gasteiger partial charge in [-0.05, 0) is 67.3 Å². The van der Waals surface area contributed by atoms with Crippen LogP contribution >= 0.6 is 0 Å². The number of aryl methyl sites for hydroxylation is 1. The Morgan fingerprint density at radius 2 is 1.97 bits per heavy atom. The average Bonchev–Trinajstić information content (AvgIpc) is 3.64. The van der Waals surface area contributed by atoms with Crippen LogP contribution < -0.4 is 10.1 Å². The van der Waals surface area contributed by atoms with E-state index in [0.717, 1.165) is 24.1 Å². The Hall–Kier alpha value is -2.82. The van der Waals surface area contributed by atoms with Crippen molar-refractivity contribution in [2.24, 2.45) is 5.92 Å². The van der Waals surface area contributed by atoms with Gasteiger partial charge in [0.2, 0.25) is 5.91 Å². The topological polar surface area (TPSA) is 58.6 Å². The maximum atomic E-state index is 12.8. The highest BCUT2D eigenvalue weighted by molar-refractivity contribution is 5.81. The van der Waals surface area contributed by atoms with Crippen LogP contribution in [0.5, 0.6) is 5.75 Å². The van der Waals surface area contributed by atoms with Crippen LogP contribution in [0.15, 0.2) is 42.5 Å². The van der Waals surface area contributed by atoms with Crippen molar-refractivity contribution in [3.8, 4) is 5.75 Å². The lowest BCUT2D eigenvalue weighted by Crippen LogP contribution is -2.40. The molecule has 2 amide bonds. The Kier molecular flexibility index (Phi) is 6.83. The second kappa shape index (κ2) is 9.76. The van der Waals surface area contributed by atoms with Gasteiger partial charge in [-0.3, -0.25) is 9.59 Å². The third kappa shape index (κ3) is 4.98. The molecule has 4 rings (SSSR count). The number of carbonyl (C=O) groups is 2. The standard InChI is InChI=1S/C27H34N2O3/c1-4-24(27(31)28-17-19-9-10-19)32-22-12-11-20-13-14-29(25(30)5-2)26(23(20)16-22)21-8-6-7-18(3)15-21/h6-8,11-12,15-16,19,24,26H,4-5,9-10,13-14,17H2,1-3H3,(H,28,31). The Labute approximate surface area is 191 Å². The lowest BCUT2D eigenvalue weighted by molar-refractivity contribution is -0.133. The molecule has 2 aromatic carbocycles. The molecular weight excluding hydrogens is 400 g/mol. The SMILES string of the molecule is CCC(=O)N1CCc2ccc(OC(CC)C(=O)NCC3CC3)cc2C1c1cccc(C)c1. The zero-order valence-electron chi connectivity index (χ0n) is 19.4. The fourth-order valence-corrected chi connectivity index (χ4v) is 4.51. The van der Waals surface area contributed by atoms with Crippen LogP contribution in [0.4, 0.5) is 0 Å². The third-order valence-electron chi connectivity index (χ3n) is 6.53. The highest BCUT2D eigenvalue weighted by Crippen LogP contribution is 2.38. The molecule has 0 spiro atoms. The van der Waals surface area contributed by atoms with E-state index in [2.05, 4.69) is 36.5 Å². The number of ether oxygens (including phenoxy) is 1. The number of nitrogens with one attached hydrogen (secondary N) is 1. The van der Waals surface area contributed by atoms with Gasteiger partial charge in [-0.15, -0.1) is 0 Å². The van der Waals surface area contributed by atoms with E-state index in [4.69, 9.17) is 4.74 Å². The summed E-state index contributed by atoms with van der Waals surface area (Å²) in [7, 11) is 0. The van der Waals surface area contributed by atoms with E-state index >= 15 is 0 Å². The summed E-state index contributed by atoms with van der Waals surface area (Å²) < 4.78 is 6.16. The number of carbonyl (C=O) groups excluding carboxylic acids is 2. The van der Waals surface area contributed by atoms with E-state index in [1.165, 1.54) is 24.0 Å². The van der Waals surface area contributed by atoms with Gasteiger partial charge in [-0.25, -0.2) is 0 Å². The van der Waals surface area contributed by atoms with Gasteiger partial charge >= 0.3 is 0 Å². The molecule has 0 saturated heterocycles. The van der Waals surface area contributed by atoms with E-state index in [-0.39, 0.29) is 17.9 Å². The molecule has 0 radical (unpaired) electrons. The normalized spacial score (nSPS) is 18.6. The fraction of sp³-hybridized carbons (Fsp3) is 0.481. The van der Waals surface area contributed by atoms with Gasteiger partial charge in [-0.1, -0.05) is 49.7 Å². The van der Waals surface area contributed by atoms with Gasteiger partial charge in [0.15, 0.2) is 6.10 Å². The first-order chi connectivity index (χ1) is 15.5. The minimum Gasteiger partial charge on any atom is -0.481 e. The molecular formula is C27H34N2O3. The molecule has 32 heavy (non-hydrogen) atoms. The average molecular weight is 435 g/mol. The summed E-state index contributed by atoms with van der Waals surface area (Å²) in [5.74, 6) is 1.42. The number of nitrogens with zero attached hydrogens (tertiary/aromatic N) is 1. The van der Waals surface area contributed by atoms with Crippen LogP contribution in [0.2, 0.25) is 0 Å². The van der Waals surface area contributed by atoms with E-state index in [0.29, 0.717) is 31.1 Å². The summed E-state index contributed by atoms with van der Waals surface area (Å²) >= 11 is 0. The molecule has 1 aliphatic carbocycles. The molecule has 0 bridgehead atoms. The molecule has 2 aliphatic rings. The smallest absolute Gasteiger partial charge is 0.261 e. The molecule has 1 saturated carbocycles. The van der Waals surface area contributed by atoms with Crippen molar-refractivity contribution in [2.75, 3.05) is 13.1 Å². The van der Waals surface area contributed by atoms with E-state index in [9.17, 15) is 9.59 Å². The molecule has 5 nitrogen and oxygen atoms in total. The van der Waals surface area contributed by atoms with Gasteiger partial charge in [0.1, 0.15) is 5.75 Å². The van der Waals surface area contributed by atoms with Crippen molar-refractivity contribution in [1.82, 2.24) is 10.2 Å². The zero-order valence-corrected chi connectivity index (χ0v) is 19.4. The number of hydrogen-bond donors (Lipinski definition) is 1. The Morgan fingerprint density at radius 3 is 2.66 bits per heavy atom. The first-order valence-electron chi connectivity index (χ1n) is 11.9. The van der Waals surface area contributed by atoms with E-state index < -0.39 is 6.10 Å². The van der Waals surface area contributed by atoms with Gasteiger partial charge < -0.3 is 15.0 Å². The third-order valence-corrected chi connectivity index (χ3v) is 6.53. The molecule has 0 aromatic heterocycles. The number of rotatable bonds is 8. The second-order valence-corrected chi connectivity index (χ2v) is 9.07. The largest absolute Gasteiger partial charge is 0.481 e. The van der Waals surface area contributed by atoms with Gasteiger partial charge in [0.05, 0.1) is 6.04 Å². The molecule has 2 unspecified atom stereocenters. The number of fused-ring (bicyclic) bond motifs is 1. The van der Waals surface area contributed by atoms with Gasteiger partial charge in [0.25, 0.3) is 5.91 Å². The molecule has 5 heteroatoms. The monoisotopic (exact) mass is 434 g/mol. The van der Waals surface area contributed by atoms with Crippen molar-refractivity contribution in [1.29, 1.82) is 0 Å². The predicted molar refractivity (Wildman–Crippen MR) is 126 cm³/mol. The molecule has 1 N–H and O–H groups in total. The fourth-order valence-electron chi connectivity index (χ4n) is 4.51. The highest BCUT2D eigenvalue weighted by Gasteiger charge is 2.32. The lowest BCUT2D eigenvalue weighted by atomic mass is 9.87. The van der Waals surface area contributed by atoms with Crippen molar-refractivity contribution in [3.05, 3.63) is 64.7 Å². The number of amides is 2. The Bertz CT molecular complexity index is 983. The van der Waals surface area contributed by atoms with Crippen LogP contribution in [0, 0.1) is 12.8 Å². The van der Waals surface area contributed by atoms with Crippen molar-refractivity contribution in [2.45, 2.75) is 65.0 Å². The van der Waals surface area contributed by atoms with E-state index in [1.54, 1.807) is 0 Å². The Morgan fingerprint density at radius 1 is 1.16 bits per heavy atom. The summed E-state index contributed by atoms with van der Waals surface area (Å²) in [6, 6.07) is 14.3. The highest BCUT2D eigenvalue weighted by atomic mass is 16.5. The summed E-state index contributed by atoms with van der Waals surface area (Å²) in [4.78, 5) is 27.4. The molecule has 170 valence electrons. The minimum atomic E-state index is -0.513. The first kappa shape index (κ1) is 22.4. The maximum Gasteiger partial charge on any atom is 0.261 e. The van der Waals surface area contributed by atoms with E-state index in [1.807, 2.05) is 36.9 Å². The van der Waals surface area contributed by atoms with Crippen molar-refractivity contribution >= 4 is 11.8 Å². The van der Waals surface area contributed by atoms with Crippen LogP contribution in [0.1, 0.15) is 67.8 Å². The summed E-state index contributed by atoms with van der Waals surface area (Å²) in [6.07, 6.45) is 3.80. The van der Waals surface area contributed by atoms with Crippen LogP contribution in [0.3, 0.4) is 0 Å². The molecule has 2 atom stereocenters. The molecule has 2 aromatic rings. The van der Waals surface area contributed by atoms with Crippen LogP contribution in [-0.4, -0.2) is 35.9 Å². The first-order valence-corrected chi connectivity index (χ1v) is 11.9. The molecule has 1 aliphatic heterocycles. The van der Waals surface area contributed by atoms with Crippen LogP contribution in [0.25, 0.3) is 0 Å². The van der Waals surface area contributed by atoms with Crippen molar-refractivity contribution in [3.63, 3.8) is 0 Å². The summed E-state index contributed by atoms with van der Waals surface area (Å²) in [6.45, 7) is 7.41. The Balaban J connectivity index is 1.62. The zero-order chi connectivity index (χ0) is 22.7. The quantitative estimate of drug-likeness (QED) is 0.662. The number of benzene rings is 2. The minimum absolute atomic E-state index is 0.0462. The summed E-state index contributed by atoms with van der Waals surface area (Å²) in [5, 5.41) is 3.03. The van der Waals surface area contributed by atoms with Crippen molar-refractivity contribution < 1.29 is 14.3 Å². The molecule has 1 fully saturated rings. The maximum absolute atomic E-state index is 12.8. The predicted octanol–water partition coefficient (Wildman–Crippen LogP) is 4.56. The van der Waals surface area contributed by atoms with Crippen LogP contribution in [-0.2, 0) is 16.0 Å².